The van der Waals surface area contributed by atoms with Crippen molar-refractivity contribution in [2.45, 2.75) is 125 Å². The van der Waals surface area contributed by atoms with Crippen LogP contribution >= 0.6 is 0 Å². The molecule has 0 aromatic carbocycles. The first-order valence-electron chi connectivity index (χ1n) is 14.6. The SMILES string of the molecule is C#CCO.CC1CCC(=O)C1(C)C.CC1CCC(O)(C#CCO)C1(C)C.CC1CCC(O)(CCCO)C1(C)C. The lowest BCUT2D eigenvalue weighted by Crippen LogP contribution is -2.42. The van der Waals surface area contributed by atoms with E-state index in [0.717, 1.165) is 38.5 Å². The standard InChI is InChI=1S/C11H22O2.C11H18O2.C8H14O.C3H4O/c2*1-9-5-7-11(13,6-4-8-12)10(9,2)3;1-6-4-5-7(9)8(6,2)3;1-2-3-4/h9,12-13H,4-8H2,1-3H3;9,12-13H,5,7-8H2,1-3H3;6H,4-5H2,1-3H3;1,4H,3H2. The number of terminal acetylenes is 1. The van der Waals surface area contributed by atoms with Crippen LogP contribution in [0.5, 0.6) is 0 Å². The van der Waals surface area contributed by atoms with Crippen molar-refractivity contribution < 1.29 is 30.3 Å². The molecular formula is C33H58O6. The van der Waals surface area contributed by atoms with E-state index in [1.54, 1.807) is 0 Å². The maximum absolute atomic E-state index is 11.1. The Kier molecular flexibility index (Phi) is 15.0. The fourth-order valence-electron chi connectivity index (χ4n) is 5.65. The topological polar surface area (TPSA) is 118 Å². The summed E-state index contributed by atoms with van der Waals surface area (Å²) < 4.78 is 0. The van der Waals surface area contributed by atoms with E-state index in [0.29, 0.717) is 36.4 Å². The van der Waals surface area contributed by atoms with Crippen molar-refractivity contribution >= 4 is 5.78 Å². The second-order valence-electron chi connectivity index (χ2n) is 13.4. The minimum atomic E-state index is -0.908. The summed E-state index contributed by atoms with van der Waals surface area (Å²) in [5.74, 6) is 9.42. The number of ketones is 1. The Morgan fingerprint density at radius 3 is 1.62 bits per heavy atom. The molecule has 0 aliphatic heterocycles. The highest BCUT2D eigenvalue weighted by atomic mass is 16.3. The van der Waals surface area contributed by atoms with Gasteiger partial charge in [-0.15, -0.1) is 6.42 Å². The van der Waals surface area contributed by atoms with Gasteiger partial charge in [-0.3, -0.25) is 4.79 Å². The second-order valence-corrected chi connectivity index (χ2v) is 13.4. The van der Waals surface area contributed by atoms with Crippen molar-refractivity contribution in [1.29, 1.82) is 0 Å². The minimum Gasteiger partial charge on any atom is -0.396 e. The van der Waals surface area contributed by atoms with Gasteiger partial charge in [0.2, 0.25) is 0 Å². The zero-order valence-corrected chi connectivity index (χ0v) is 26.2. The van der Waals surface area contributed by atoms with Crippen LogP contribution in [0.4, 0.5) is 0 Å². The van der Waals surface area contributed by atoms with Crippen LogP contribution in [0.3, 0.4) is 0 Å². The number of Topliss-reactive ketones (excluding diaryl/α,β-unsaturated/α-hetero) is 1. The largest absolute Gasteiger partial charge is 0.396 e. The summed E-state index contributed by atoms with van der Waals surface area (Å²) >= 11 is 0. The molecule has 0 spiro atoms. The van der Waals surface area contributed by atoms with E-state index >= 15 is 0 Å². The van der Waals surface area contributed by atoms with E-state index in [1.165, 1.54) is 0 Å². The van der Waals surface area contributed by atoms with E-state index in [1.807, 2.05) is 33.6 Å². The predicted octanol–water partition coefficient (Wildman–Crippen LogP) is 4.74. The van der Waals surface area contributed by atoms with Gasteiger partial charge in [-0.1, -0.05) is 80.1 Å². The van der Waals surface area contributed by atoms with Crippen LogP contribution < -0.4 is 0 Å². The van der Waals surface area contributed by atoms with Crippen molar-refractivity contribution in [2.75, 3.05) is 19.8 Å². The van der Waals surface area contributed by atoms with Gasteiger partial charge in [-0.05, 0) is 68.1 Å². The number of hydrogen-bond donors (Lipinski definition) is 5. The van der Waals surface area contributed by atoms with Gasteiger partial charge < -0.3 is 25.5 Å². The molecule has 5 atom stereocenters. The van der Waals surface area contributed by atoms with Gasteiger partial charge in [0.05, 0.1) is 5.60 Å². The minimum absolute atomic E-state index is 0.00215. The predicted molar refractivity (Wildman–Crippen MR) is 159 cm³/mol. The molecule has 3 aliphatic carbocycles. The molecule has 5 unspecified atom stereocenters. The summed E-state index contributed by atoms with van der Waals surface area (Å²) in [5.41, 5.74) is -1.65. The third kappa shape index (κ3) is 9.31. The molecule has 0 radical (unpaired) electrons. The average Bonchev–Trinajstić information content (AvgIpc) is 3.34. The fourth-order valence-corrected chi connectivity index (χ4v) is 5.65. The molecule has 0 bridgehead atoms. The van der Waals surface area contributed by atoms with Crippen LogP contribution in [-0.2, 0) is 4.79 Å². The Morgan fingerprint density at radius 1 is 0.821 bits per heavy atom. The van der Waals surface area contributed by atoms with E-state index in [4.69, 9.17) is 15.3 Å². The Balaban J connectivity index is 0.000000527. The summed E-state index contributed by atoms with van der Waals surface area (Å²) in [4.78, 5) is 11.1. The van der Waals surface area contributed by atoms with Gasteiger partial charge >= 0.3 is 0 Å². The number of carbonyl (C=O) groups excluding carboxylic acids is 1. The molecule has 0 heterocycles. The third-order valence-corrected chi connectivity index (χ3v) is 10.6. The number of aliphatic hydroxyl groups is 5. The lowest BCUT2D eigenvalue weighted by atomic mass is 9.71. The molecule has 0 aromatic heterocycles. The van der Waals surface area contributed by atoms with Crippen LogP contribution in [0, 0.1) is 58.2 Å². The fraction of sp³-hybridized carbons (Fsp3) is 0.848. The van der Waals surface area contributed by atoms with E-state index in [9.17, 15) is 15.0 Å². The van der Waals surface area contributed by atoms with Crippen molar-refractivity contribution in [1.82, 2.24) is 0 Å². The number of aliphatic hydroxyl groups excluding tert-OH is 3. The van der Waals surface area contributed by atoms with Gasteiger partial charge in [-0.2, -0.15) is 0 Å². The van der Waals surface area contributed by atoms with Gasteiger partial charge in [0.15, 0.2) is 0 Å². The zero-order chi connectivity index (χ0) is 30.7. The molecule has 39 heavy (non-hydrogen) atoms. The maximum Gasteiger partial charge on any atom is 0.138 e. The highest BCUT2D eigenvalue weighted by Gasteiger charge is 2.51. The molecule has 0 saturated heterocycles. The zero-order valence-electron chi connectivity index (χ0n) is 26.2. The highest BCUT2D eigenvalue weighted by Crippen LogP contribution is 2.52. The van der Waals surface area contributed by atoms with Crippen LogP contribution in [0.25, 0.3) is 0 Å². The Bertz CT molecular complexity index is 858. The lowest BCUT2D eigenvalue weighted by molar-refractivity contribution is -0.125. The molecule has 3 saturated carbocycles. The van der Waals surface area contributed by atoms with Gasteiger partial charge in [0.1, 0.15) is 24.6 Å². The quantitative estimate of drug-likeness (QED) is 0.324. The van der Waals surface area contributed by atoms with Crippen LogP contribution in [0.15, 0.2) is 0 Å². The Hall–Kier alpha value is -1.41. The van der Waals surface area contributed by atoms with Crippen LogP contribution in [0.2, 0.25) is 0 Å². The first kappa shape index (κ1) is 37.6. The summed E-state index contributed by atoms with van der Waals surface area (Å²) in [5, 5.41) is 45.6. The van der Waals surface area contributed by atoms with Crippen molar-refractivity contribution in [3.05, 3.63) is 0 Å². The van der Waals surface area contributed by atoms with Crippen molar-refractivity contribution in [3.63, 3.8) is 0 Å². The average molecular weight is 551 g/mol. The number of rotatable bonds is 3. The monoisotopic (exact) mass is 550 g/mol. The normalized spacial score (nSPS) is 33.2. The summed E-state index contributed by atoms with van der Waals surface area (Å²) in [7, 11) is 0. The maximum atomic E-state index is 11.1. The van der Waals surface area contributed by atoms with Crippen molar-refractivity contribution in [2.24, 2.45) is 34.0 Å². The first-order chi connectivity index (χ1) is 17.8. The van der Waals surface area contributed by atoms with Crippen molar-refractivity contribution in [3.8, 4) is 24.2 Å². The van der Waals surface area contributed by atoms with E-state index in [2.05, 4.69) is 52.9 Å². The van der Waals surface area contributed by atoms with Crippen LogP contribution in [0.1, 0.15) is 114 Å². The number of carbonyl (C=O) groups is 1. The van der Waals surface area contributed by atoms with Crippen LogP contribution in [-0.4, -0.2) is 62.3 Å². The molecule has 0 aromatic rings. The summed E-state index contributed by atoms with van der Waals surface area (Å²) in [6.07, 6.45) is 11.6. The van der Waals surface area contributed by atoms with Gasteiger partial charge in [0, 0.05) is 23.9 Å². The molecule has 3 rings (SSSR count). The molecule has 3 fully saturated rings. The smallest absolute Gasteiger partial charge is 0.138 e. The Labute approximate surface area is 239 Å². The van der Waals surface area contributed by atoms with Gasteiger partial charge in [-0.25, -0.2) is 0 Å². The Morgan fingerprint density at radius 2 is 1.33 bits per heavy atom. The molecule has 0 amide bonds. The molecule has 5 N–H and O–H groups in total. The third-order valence-electron chi connectivity index (χ3n) is 10.6. The molecule has 3 aliphatic rings. The molecule has 6 heteroatoms. The molecule has 226 valence electrons. The number of hydrogen-bond acceptors (Lipinski definition) is 6. The van der Waals surface area contributed by atoms with Gasteiger partial charge in [0.25, 0.3) is 0 Å². The highest BCUT2D eigenvalue weighted by molar-refractivity contribution is 5.86. The summed E-state index contributed by atoms with van der Waals surface area (Å²) in [6.45, 7) is 18.8. The second kappa shape index (κ2) is 15.6. The molecular weight excluding hydrogens is 492 g/mol. The molecule has 6 nitrogen and oxygen atoms in total. The summed E-state index contributed by atoms with van der Waals surface area (Å²) in [6, 6.07) is 0. The first-order valence-corrected chi connectivity index (χ1v) is 14.6. The lowest BCUT2D eigenvalue weighted by Gasteiger charge is -2.39. The van der Waals surface area contributed by atoms with E-state index in [-0.39, 0.29) is 36.1 Å². The van der Waals surface area contributed by atoms with E-state index < -0.39 is 11.2 Å².